The summed E-state index contributed by atoms with van der Waals surface area (Å²) in [5.41, 5.74) is 0. The Labute approximate surface area is 93.2 Å². The van der Waals surface area contributed by atoms with Crippen LogP contribution in [0.25, 0.3) is 0 Å². The molecule has 0 atom stereocenters. The van der Waals surface area contributed by atoms with Crippen LogP contribution in [0.15, 0.2) is 0 Å². The Morgan fingerprint density at radius 3 is 1.75 bits per heavy atom. The standard InChI is InChI=1S/C9H15NO6/c1-4-16-9(13)10(5-7(11)14-2)6-8(12)15-3/h4-6H2,1-3H3. The third kappa shape index (κ3) is 5.18. The van der Waals surface area contributed by atoms with Gasteiger partial charge in [0, 0.05) is 0 Å². The number of amides is 1. The molecule has 0 aromatic rings. The Kier molecular flexibility index (Phi) is 6.66. The summed E-state index contributed by atoms with van der Waals surface area (Å²) in [6, 6.07) is 0. The summed E-state index contributed by atoms with van der Waals surface area (Å²) in [4.78, 5) is 34.2. The Hall–Kier alpha value is -1.79. The lowest BCUT2D eigenvalue weighted by molar-refractivity contribution is -0.145. The molecule has 0 fully saturated rings. The van der Waals surface area contributed by atoms with Gasteiger partial charge in [-0.05, 0) is 6.92 Å². The molecular formula is C9H15NO6. The van der Waals surface area contributed by atoms with Crippen LogP contribution in [-0.4, -0.2) is 56.8 Å². The molecule has 0 spiro atoms. The summed E-state index contributed by atoms with van der Waals surface area (Å²) in [6.45, 7) is 1.05. The second-order valence-corrected chi connectivity index (χ2v) is 2.71. The Morgan fingerprint density at radius 2 is 1.44 bits per heavy atom. The zero-order valence-electron chi connectivity index (χ0n) is 9.52. The van der Waals surface area contributed by atoms with Gasteiger partial charge in [-0.2, -0.15) is 0 Å². The van der Waals surface area contributed by atoms with Gasteiger partial charge in [0.2, 0.25) is 0 Å². The number of esters is 2. The van der Waals surface area contributed by atoms with Gasteiger partial charge in [-0.1, -0.05) is 0 Å². The molecule has 0 heterocycles. The van der Waals surface area contributed by atoms with Gasteiger partial charge >= 0.3 is 18.0 Å². The van der Waals surface area contributed by atoms with Crippen molar-refractivity contribution in [1.82, 2.24) is 4.90 Å². The van der Waals surface area contributed by atoms with Crippen molar-refractivity contribution < 1.29 is 28.6 Å². The van der Waals surface area contributed by atoms with E-state index < -0.39 is 18.0 Å². The van der Waals surface area contributed by atoms with Crippen LogP contribution in [0.4, 0.5) is 4.79 Å². The zero-order chi connectivity index (χ0) is 12.6. The second-order valence-electron chi connectivity index (χ2n) is 2.71. The monoisotopic (exact) mass is 233 g/mol. The molecule has 0 saturated heterocycles. The number of hydrogen-bond donors (Lipinski definition) is 0. The summed E-state index contributed by atoms with van der Waals surface area (Å²) >= 11 is 0. The van der Waals surface area contributed by atoms with Gasteiger partial charge in [-0.15, -0.1) is 0 Å². The van der Waals surface area contributed by atoms with Crippen LogP contribution in [0, 0.1) is 0 Å². The first kappa shape index (κ1) is 14.2. The molecule has 0 aliphatic carbocycles. The van der Waals surface area contributed by atoms with E-state index in [2.05, 4.69) is 14.2 Å². The maximum absolute atomic E-state index is 11.3. The van der Waals surface area contributed by atoms with Crippen LogP contribution < -0.4 is 0 Å². The van der Waals surface area contributed by atoms with Gasteiger partial charge in [0.05, 0.1) is 20.8 Å². The molecule has 0 saturated carbocycles. The molecule has 7 heteroatoms. The van der Waals surface area contributed by atoms with Crippen molar-refractivity contribution in [3.63, 3.8) is 0 Å². The van der Waals surface area contributed by atoms with E-state index >= 15 is 0 Å². The van der Waals surface area contributed by atoms with E-state index in [0.717, 1.165) is 4.90 Å². The van der Waals surface area contributed by atoms with Crippen molar-refractivity contribution >= 4 is 18.0 Å². The number of rotatable bonds is 5. The number of carbonyl (C=O) groups is 3. The van der Waals surface area contributed by atoms with Crippen molar-refractivity contribution in [2.24, 2.45) is 0 Å². The van der Waals surface area contributed by atoms with Crippen molar-refractivity contribution in [1.29, 1.82) is 0 Å². The molecule has 0 aromatic carbocycles. The second kappa shape index (κ2) is 7.49. The minimum absolute atomic E-state index is 0.150. The Balaban J connectivity index is 4.43. The lowest BCUT2D eigenvalue weighted by Crippen LogP contribution is -2.40. The quantitative estimate of drug-likeness (QED) is 0.482. The molecule has 0 N–H and O–H groups in total. The molecule has 0 unspecified atom stereocenters. The molecule has 0 aliphatic rings. The number of methoxy groups -OCH3 is 2. The van der Waals surface area contributed by atoms with E-state index in [9.17, 15) is 14.4 Å². The topological polar surface area (TPSA) is 82.1 Å². The van der Waals surface area contributed by atoms with Gasteiger partial charge in [0.15, 0.2) is 0 Å². The van der Waals surface area contributed by atoms with Gasteiger partial charge in [0.25, 0.3) is 0 Å². The van der Waals surface area contributed by atoms with Gasteiger partial charge in [-0.3, -0.25) is 14.5 Å². The molecule has 0 aromatic heterocycles. The van der Waals surface area contributed by atoms with E-state index in [-0.39, 0.29) is 19.7 Å². The fourth-order valence-electron chi connectivity index (χ4n) is 0.841. The normalized spacial score (nSPS) is 9.19. The molecule has 0 bridgehead atoms. The summed E-state index contributed by atoms with van der Waals surface area (Å²) < 4.78 is 13.4. The van der Waals surface area contributed by atoms with Gasteiger partial charge in [-0.25, -0.2) is 4.79 Å². The molecule has 0 radical (unpaired) electrons. The lowest BCUT2D eigenvalue weighted by atomic mass is 10.5. The van der Waals surface area contributed by atoms with E-state index in [4.69, 9.17) is 0 Å². The van der Waals surface area contributed by atoms with Crippen LogP contribution in [0.1, 0.15) is 6.92 Å². The lowest BCUT2D eigenvalue weighted by Gasteiger charge is -2.18. The smallest absolute Gasteiger partial charge is 0.410 e. The van der Waals surface area contributed by atoms with Crippen LogP contribution >= 0.6 is 0 Å². The van der Waals surface area contributed by atoms with E-state index in [1.165, 1.54) is 14.2 Å². The number of carbonyl (C=O) groups excluding carboxylic acids is 3. The number of nitrogens with zero attached hydrogens (tertiary/aromatic N) is 1. The summed E-state index contributed by atoms with van der Waals surface area (Å²) in [5, 5.41) is 0. The van der Waals surface area contributed by atoms with Crippen LogP contribution in [0.2, 0.25) is 0 Å². The minimum Gasteiger partial charge on any atom is -0.468 e. The van der Waals surface area contributed by atoms with E-state index in [1.807, 2.05) is 0 Å². The fraction of sp³-hybridized carbons (Fsp3) is 0.667. The van der Waals surface area contributed by atoms with Crippen molar-refractivity contribution in [3.8, 4) is 0 Å². The average molecular weight is 233 g/mol. The molecular weight excluding hydrogens is 218 g/mol. The third-order valence-electron chi connectivity index (χ3n) is 1.62. The summed E-state index contributed by atoms with van der Waals surface area (Å²) in [6.07, 6.45) is -0.765. The van der Waals surface area contributed by atoms with Crippen LogP contribution in [-0.2, 0) is 23.8 Å². The zero-order valence-corrected chi connectivity index (χ0v) is 9.52. The summed E-state index contributed by atoms with van der Waals surface area (Å²) in [7, 11) is 2.37. The predicted molar refractivity (Wildman–Crippen MR) is 52.6 cm³/mol. The molecule has 1 amide bonds. The highest BCUT2D eigenvalue weighted by molar-refractivity contribution is 5.82. The first-order valence-electron chi connectivity index (χ1n) is 4.60. The number of hydrogen-bond acceptors (Lipinski definition) is 6. The summed E-state index contributed by atoms with van der Waals surface area (Å²) in [5.74, 6) is -1.28. The average Bonchev–Trinajstić information content (AvgIpc) is 2.27. The maximum Gasteiger partial charge on any atom is 0.410 e. The molecule has 7 nitrogen and oxygen atoms in total. The van der Waals surface area contributed by atoms with Crippen molar-refractivity contribution in [3.05, 3.63) is 0 Å². The van der Waals surface area contributed by atoms with Gasteiger partial charge in [0.1, 0.15) is 13.1 Å². The molecule has 92 valence electrons. The van der Waals surface area contributed by atoms with Crippen LogP contribution in [0.3, 0.4) is 0 Å². The predicted octanol–water partition coefficient (Wildman–Crippen LogP) is -0.209. The molecule has 16 heavy (non-hydrogen) atoms. The van der Waals surface area contributed by atoms with Crippen LogP contribution in [0.5, 0.6) is 0 Å². The first-order valence-corrected chi connectivity index (χ1v) is 4.60. The number of ether oxygens (including phenoxy) is 3. The largest absolute Gasteiger partial charge is 0.468 e. The SMILES string of the molecule is CCOC(=O)N(CC(=O)OC)CC(=O)OC. The van der Waals surface area contributed by atoms with Crippen molar-refractivity contribution in [2.75, 3.05) is 33.9 Å². The van der Waals surface area contributed by atoms with E-state index in [0.29, 0.717) is 0 Å². The van der Waals surface area contributed by atoms with Gasteiger partial charge < -0.3 is 14.2 Å². The first-order chi connectivity index (χ1) is 7.54. The molecule has 0 rings (SSSR count). The highest BCUT2D eigenvalue weighted by atomic mass is 16.6. The minimum atomic E-state index is -0.765. The third-order valence-corrected chi connectivity index (χ3v) is 1.62. The molecule has 0 aliphatic heterocycles. The Bertz CT molecular complexity index is 247. The highest BCUT2D eigenvalue weighted by Crippen LogP contribution is 1.96. The maximum atomic E-state index is 11.3. The highest BCUT2D eigenvalue weighted by Gasteiger charge is 2.21. The fourth-order valence-corrected chi connectivity index (χ4v) is 0.841. The van der Waals surface area contributed by atoms with E-state index in [1.54, 1.807) is 6.92 Å². The van der Waals surface area contributed by atoms with Crippen molar-refractivity contribution in [2.45, 2.75) is 6.92 Å². The Morgan fingerprint density at radius 1 is 1.00 bits per heavy atom.